The second-order valence-electron chi connectivity index (χ2n) is 18.9. The molecule has 0 aromatic heterocycles. The van der Waals surface area contributed by atoms with Gasteiger partial charge in [0.15, 0.2) is 0 Å². The highest BCUT2D eigenvalue weighted by atomic mass is 79.9. The van der Waals surface area contributed by atoms with Crippen LogP contribution in [0.15, 0.2) is 60.7 Å². The third-order valence-electron chi connectivity index (χ3n) is 14.1. The number of ketones is 2. The molecule has 63 heavy (non-hydrogen) atoms. The molecule has 10 nitrogen and oxygen atoms in total. The topological polar surface area (TPSA) is 128 Å². The van der Waals surface area contributed by atoms with E-state index in [-0.39, 0.29) is 17.5 Å². The smallest absolute Gasteiger partial charge is 0.235 e. The first-order valence-electron chi connectivity index (χ1n) is 25.0. The number of primary amides is 1. The van der Waals surface area contributed by atoms with E-state index in [0.29, 0.717) is 24.5 Å². The Balaban J connectivity index is 0.000000163. The number of piperidine rings is 3. The van der Waals surface area contributed by atoms with Gasteiger partial charge in [0, 0.05) is 94.8 Å². The molecule has 4 N–H and O–H groups in total. The molecule has 11 heteroatoms. The van der Waals surface area contributed by atoms with Gasteiger partial charge >= 0.3 is 0 Å². The van der Waals surface area contributed by atoms with E-state index < -0.39 is 0 Å². The summed E-state index contributed by atoms with van der Waals surface area (Å²) < 4.78 is 0. The summed E-state index contributed by atoms with van der Waals surface area (Å²) in [5, 5.41) is 6.42. The number of carbonyl (C=O) groups is 4. The molecule has 0 radical (unpaired) electrons. The number of rotatable bonds is 8. The Morgan fingerprint density at radius 1 is 0.635 bits per heavy atom. The molecule has 2 aromatic carbocycles. The number of alkyl halides is 1. The number of likely N-dealkylation sites (tertiary alicyclic amines) is 2. The lowest BCUT2D eigenvalue weighted by Crippen LogP contribution is -2.59. The Morgan fingerprint density at radius 2 is 1.11 bits per heavy atom. The summed E-state index contributed by atoms with van der Waals surface area (Å²) >= 11 is 3.59. The minimum Gasteiger partial charge on any atom is -0.370 e. The van der Waals surface area contributed by atoms with E-state index in [1.54, 1.807) is 0 Å². The molecule has 0 unspecified atom stereocenters. The van der Waals surface area contributed by atoms with E-state index in [9.17, 15) is 19.2 Å². The second-order valence-corrected chi connectivity index (χ2v) is 20.2. The van der Waals surface area contributed by atoms with Gasteiger partial charge in [-0.15, -0.1) is 0 Å². The maximum Gasteiger partial charge on any atom is 0.235 e. The number of nitrogens with two attached hydrogens (primary N) is 1. The molecule has 2 amide bonds. The van der Waals surface area contributed by atoms with Gasteiger partial charge in [-0.05, 0) is 75.3 Å². The van der Waals surface area contributed by atoms with Crippen LogP contribution in [0.25, 0.3) is 0 Å². The highest BCUT2D eigenvalue weighted by molar-refractivity contribution is 9.09. The number of carbonyl (C=O) groups excluding carboxylic acids is 4. The maximum absolute atomic E-state index is 12.1. The molecule has 0 bridgehead atoms. The molecule has 1 spiro atoms. The van der Waals surface area contributed by atoms with Crippen molar-refractivity contribution in [1.29, 1.82) is 0 Å². The first-order valence-corrected chi connectivity index (χ1v) is 25.9. The van der Waals surface area contributed by atoms with Crippen LogP contribution in [0.4, 0.5) is 0 Å². The van der Waals surface area contributed by atoms with Crippen LogP contribution in [-0.2, 0) is 32.1 Å². The molecule has 4 saturated heterocycles. The van der Waals surface area contributed by atoms with Gasteiger partial charge in [-0.3, -0.25) is 29.0 Å². The van der Waals surface area contributed by atoms with E-state index >= 15 is 0 Å². The fourth-order valence-electron chi connectivity index (χ4n) is 10.3. The number of amides is 2. The fourth-order valence-corrected chi connectivity index (χ4v) is 11.0. The molecule has 2 aromatic rings. The van der Waals surface area contributed by atoms with E-state index in [1.165, 1.54) is 107 Å². The van der Waals surface area contributed by atoms with Crippen LogP contribution in [0.2, 0.25) is 0 Å². The van der Waals surface area contributed by atoms with Gasteiger partial charge in [0.25, 0.3) is 0 Å². The van der Waals surface area contributed by atoms with Crippen LogP contribution in [0, 0.1) is 0 Å². The molecular formula is C52H81BrN6O4. The summed E-state index contributed by atoms with van der Waals surface area (Å²) in [5.74, 6) is 0.841. The summed E-state index contributed by atoms with van der Waals surface area (Å²) in [7, 11) is 0. The molecule has 4 aliphatic heterocycles. The molecular weight excluding hydrogens is 853 g/mol. The largest absolute Gasteiger partial charge is 0.370 e. The number of hydrogen-bond acceptors (Lipinski definition) is 8. The molecule has 4 heterocycles. The van der Waals surface area contributed by atoms with Crippen molar-refractivity contribution in [2.75, 3.05) is 45.8 Å². The zero-order chi connectivity index (χ0) is 44.5. The van der Waals surface area contributed by atoms with E-state index in [2.05, 4.69) is 83.7 Å². The van der Waals surface area contributed by atoms with Gasteiger partial charge in [0.1, 0.15) is 11.6 Å². The zero-order valence-electron chi connectivity index (χ0n) is 38.6. The highest BCUT2D eigenvalue weighted by Gasteiger charge is 2.47. The zero-order valence-corrected chi connectivity index (χ0v) is 40.1. The quantitative estimate of drug-likeness (QED) is 0.224. The first-order chi connectivity index (χ1) is 30.7. The predicted octanol–water partition coefficient (Wildman–Crippen LogP) is 8.87. The third kappa shape index (κ3) is 19.2. The molecule has 9 rings (SSSR count). The summed E-state index contributed by atoms with van der Waals surface area (Å²) in [6.07, 6.45) is 28.5. The molecule has 7 fully saturated rings. The Labute approximate surface area is 388 Å². The van der Waals surface area contributed by atoms with Crippen molar-refractivity contribution in [3.05, 3.63) is 71.8 Å². The summed E-state index contributed by atoms with van der Waals surface area (Å²) in [4.78, 5) is 52.5. The summed E-state index contributed by atoms with van der Waals surface area (Å²) in [6, 6.07) is 22.2. The Kier molecular flexibility index (Phi) is 23.4. The van der Waals surface area contributed by atoms with Crippen molar-refractivity contribution in [2.24, 2.45) is 5.73 Å². The van der Waals surface area contributed by atoms with Crippen molar-refractivity contribution in [2.45, 2.75) is 183 Å². The van der Waals surface area contributed by atoms with Gasteiger partial charge in [-0.25, -0.2) is 0 Å². The van der Waals surface area contributed by atoms with Gasteiger partial charge in [0.2, 0.25) is 11.8 Å². The van der Waals surface area contributed by atoms with E-state index in [1.807, 2.05) is 18.2 Å². The Hall–Kier alpha value is -2.96. The van der Waals surface area contributed by atoms with Gasteiger partial charge in [-0.1, -0.05) is 134 Å². The number of aryl methyl sites for hydroxylation is 1. The minimum absolute atomic E-state index is 0.113. The SMILES string of the molecule is BrC1CCCCC1.NC(=O)CCCc1ccccc1.O=C1CCN(C2CCCCC2)CC1.O=C1CCNCC1.O=C1CN(Cc2ccccc2)C2(CCN(C3CCCCC3)CC2)N1. The second kappa shape index (κ2) is 28.8. The predicted molar refractivity (Wildman–Crippen MR) is 260 cm³/mol. The van der Waals surface area contributed by atoms with Crippen LogP contribution >= 0.6 is 15.9 Å². The van der Waals surface area contributed by atoms with E-state index in [4.69, 9.17) is 5.73 Å². The number of nitrogens with one attached hydrogen (secondary N) is 2. The van der Waals surface area contributed by atoms with Crippen LogP contribution in [0.1, 0.15) is 159 Å². The van der Waals surface area contributed by atoms with Crippen molar-refractivity contribution in [1.82, 2.24) is 25.3 Å². The van der Waals surface area contributed by atoms with Gasteiger partial charge < -0.3 is 21.3 Å². The fraction of sp³-hybridized carbons (Fsp3) is 0.692. The lowest BCUT2D eigenvalue weighted by molar-refractivity contribution is -0.122. The average molecular weight is 934 g/mol. The average Bonchev–Trinajstić information content (AvgIpc) is 3.62. The number of nitrogens with zero attached hydrogens (tertiary/aromatic N) is 3. The van der Waals surface area contributed by atoms with Gasteiger partial charge in [-0.2, -0.15) is 0 Å². The lowest BCUT2D eigenvalue weighted by atomic mass is 9.89. The molecule has 350 valence electrons. The summed E-state index contributed by atoms with van der Waals surface area (Å²) in [6.45, 7) is 7.48. The number of benzene rings is 2. The van der Waals surface area contributed by atoms with Crippen molar-refractivity contribution < 1.29 is 19.2 Å². The van der Waals surface area contributed by atoms with E-state index in [0.717, 1.165) is 114 Å². The van der Waals surface area contributed by atoms with Gasteiger partial charge in [0.05, 0.1) is 12.2 Å². The van der Waals surface area contributed by atoms with Crippen molar-refractivity contribution in [3.63, 3.8) is 0 Å². The number of halogens is 1. The van der Waals surface area contributed by atoms with Crippen LogP contribution in [0.5, 0.6) is 0 Å². The standard InChI is InChI=1S/C20H29N3O.C11H19NO.C10H13NO.C6H11Br.C5H9NO/c24-19-16-23(15-17-7-3-1-4-8-17)20(21-19)11-13-22(14-12-20)18-9-5-2-6-10-18;13-11-6-8-12(9-7-11)10-4-2-1-3-5-10;11-10(12)8-4-7-9-5-2-1-3-6-9;7-6-4-2-1-3-5-6;7-5-1-3-6-4-2-5/h1,3-4,7-8,18H,2,5-6,9-16H2,(H,21,24);10H,1-9H2;1-3,5-6H,4,7-8H2,(H2,11,12);6H,1-5H2;6H,1-4H2. The number of Topliss-reactive ketones (excluding diaryl/α,β-unsaturated/α-hetero) is 2. The molecule has 0 atom stereocenters. The van der Waals surface area contributed by atoms with Crippen LogP contribution in [0.3, 0.4) is 0 Å². The minimum atomic E-state index is -0.217. The van der Waals surface area contributed by atoms with Crippen LogP contribution < -0.4 is 16.4 Å². The normalized spacial score (nSPS) is 22.8. The Bertz CT molecular complexity index is 1590. The monoisotopic (exact) mass is 933 g/mol. The summed E-state index contributed by atoms with van der Waals surface area (Å²) in [5.41, 5.74) is 7.46. The molecule has 7 aliphatic rings. The first kappa shape index (κ1) is 51.0. The lowest BCUT2D eigenvalue weighted by Gasteiger charge is -2.47. The highest BCUT2D eigenvalue weighted by Crippen LogP contribution is 2.34. The van der Waals surface area contributed by atoms with Crippen molar-refractivity contribution in [3.8, 4) is 0 Å². The maximum atomic E-state index is 12.1. The van der Waals surface area contributed by atoms with Crippen molar-refractivity contribution >= 4 is 39.3 Å². The Morgan fingerprint density at radius 3 is 1.57 bits per heavy atom. The number of hydrogen-bond donors (Lipinski definition) is 3. The van der Waals surface area contributed by atoms with Crippen LogP contribution in [-0.4, -0.2) is 106 Å². The molecule has 3 aliphatic carbocycles. The molecule has 3 saturated carbocycles. The third-order valence-corrected chi connectivity index (χ3v) is 15.0.